The maximum absolute atomic E-state index is 16.5. The number of alkyl halides is 1. The Balaban J connectivity index is 1.83. The Bertz CT molecular complexity index is 1160. The number of rotatable bonds is 4. The molecule has 0 fully saturated rings. The van der Waals surface area contributed by atoms with Gasteiger partial charge in [-0.05, 0) is 35.9 Å². The molecule has 0 aromatic heterocycles. The van der Waals surface area contributed by atoms with Crippen molar-refractivity contribution in [1.29, 1.82) is 0 Å². The molecule has 3 atom stereocenters. The molecule has 3 unspecified atom stereocenters. The zero-order valence-corrected chi connectivity index (χ0v) is 17.7. The van der Waals surface area contributed by atoms with Gasteiger partial charge in [0.05, 0.1) is 0 Å². The van der Waals surface area contributed by atoms with E-state index >= 15 is 4.39 Å². The van der Waals surface area contributed by atoms with Gasteiger partial charge < -0.3 is 11.1 Å². The maximum atomic E-state index is 16.5. The molecule has 2 aliphatic rings. The number of anilines is 1. The number of amides is 1. The van der Waals surface area contributed by atoms with Gasteiger partial charge in [0, 0.05) is 40.4 Å². The Morgan fingerprint density at radius 3 is 2.71 bits per heavy atom. The first-order chi connectivity index (χ1) is 14.8. The quantitative estimate of drug-likeness (QED) is 0.382. The molecule has 0 spiro atoms. The summed E-state index contributed by atoms with van der Waals surface area (Å²) in [6.07, 6.45) is 10.3. The summed E-state index contributed by atoms with van der Waals surface area (Å²) < 4.78 is 16.5. The predicted octanol–water partition coefficient (Wildman–Crippen LogP) is 5.41. The molecule has 1 aliphatic heterocycles. The Kier molecular flexibility index (Phi) is 5.31. The number of nitrogens with two attached hydrogens (primary N) is 1. The monoisotopic (exact) mass is 436 g/mol. The Labute approximate surface area is 185 Å². The van der Waals surface area contributed by atoms with Crippen LogP contribution in [0.15, 0.2) is 73.0 Å². The number of allylic oxidation sites excluding steroid dienone is 3. The average Bonchev–Trinajstić information content (AvgIpc) is 3.00. The third-order valence-electron chi connectivity index (χ3n) is 6.31. The van der Waals surface area contributed by atoms with Gasteiger partial charge in [-0.2, -0.15) is 0 Å². The molecule has 31 heavy (non-hydrogen) atoms. The zero-order valence-electron chi connectivity index (χ0n) is 16.9. The van der Waals surface area contributed by atoms with E-state index in [2.05, 4.69) is 5.32 Å². The Hall–Kier alpha value is -3.18. The number of carbonyl (C=O) groups excluding carboxylic acids is 2. The standard InChI is InChI=1S/C25H22ClFN2O2/c1-16-24(23(28)31,12-6-13-25(16,27)19-8-2-3-9-20(19)26)22(30)18-10-11-21-17(15-18)7-4-5-14-29-21/h2-12,14-16,29H,13H2,1H3,(H2,28,31). The topological polar surface area (TPSA) is 72.2 Å². The second-order valence-corrected chi connectivity index (χ2v) is 8.30. The molecule has 1 heterocycles. The SMILES string of the molecule is CC1C(C(N)=O)(C(=O)c2ccc3c(c2)C=CC=CN3)C=CCC1(F)c1ccccc1Cl. The summed E-state index contributed by atoms with van der Waals surface area (Å²) in [6, 6.07) is 11.6. The molecule has 6 heteroatoms. The third kappa shape index (κ3) is 3.29. The minimum Gasteiger partial charge on any atom is -0.369 e. The van der Waals surface area contributed by atoms with Crippen molar-refractivity contribution >= 4 is 35.1 Å². The second-order valence-electron chi connectivity index (χ2n) is 7.90. The molecule has 3 N–H and O–H groups in total. The molecule has 4 nitrogen and oxygen atoms in total. The summed E-state index contributed by atoms with van der Waals surface area (Å²) in [6.45, 7) is 1.55. The third-order valence-corrected chi connectivity index (χ3v) is 6.64. The lowest BCUT2D eigenvalue weighted by Gasteiger charge is -2.44. The lowest BCUT2D eigenvalue weighted by molar-refractivity contribution is -0.129. The minimum absolute atomic E-state index is 0.0112. The van der Waals surface area contributed by atoms with Gasteiger partial charge in [-0.3, -0.25) is 9.59 Å². The molecule has 0 radical (unpaired) electrons. The molecular formula is C25H22ClFN2O2. The number of primary amides is 1. The normalized spacial score (nSPS) is 26.6. The largest absolute Gasteiger partial charge is 0.369 e. The number of hydrogen-bond donors (Lipinski definition) is 2. The highest BCUT2D eigenvalue weighted by Crippen LogP contribution is 2.53. The van der Waals surface area contributed by atoms with E-state index in [4.69, 9.17) is 17.3 Å². The van der Waals surface area contributed by atoms with Gasteiger partial charge in [0.15, 0.2) is 5.78 Å². The number of Topliss-reactive ketones (excluding diaryl/α,β-unsaturated/α-hetero) is 1. The summed E-state index contributed by atoms with van der Waals surface area (Å²) in [5.41, 5.74) is 4.03. The van der Waals surface area contributed by atoms with E-state index < -0.39 is 28.7 Å². The van der Waals surface area contributed by atoms with E-state index in [1.54, 1.807) is 55.6 Å². The van der Waals surface area contributed by atoms with Crippen molar-refractivity contribution in [3.63, 3.8) is 0 Å². The van der Waals surface area contributed by atoms with Crippen molar-refractivity contribution in [2.24, 2.45) is 17.1 Å². The highest BCUT2D eigenvalue weighted by atomic mass is 35.5. The first kappa shape index (κ1) is 21.1. The fraction of sp³-hybridized carbons (Fsp3) is 0.200. The summed E-state index contributed by atoms with van der Waals surface area (Å²) >= 11 is 6.29. The average molecular weight is 437 g/mol. The fourth-order valence-corrected chi connectivity index (χ4v) is 4.78. The lowest BCUT2D eigenvalue weighted by Crippen LogP contribution is -2.54. The van der Waals surface area contributed by atoms with Crippen molar-refractivity contribution in [3.05, 3.63) is 94.7 Å². The van der Waals surface area contributed by atoms with E-state index in [0.29, 0.717) is 0 Å². The summed E-state index contributed by atoms with van der Waals surface area (Å²) in [4.78, 5) is 26.5. The highest BCUT2D eigenvalue weighted by molar-refractivity contribution is 6.31. The Morgan fingerprint density at radius 2 is 1.97 bits per heavy atom. The molecule has 158 valence electrons. The predicted molar refractivity (Wildman–Crippen MR) is 121 cm³/mol. The van der Waals surface area contributed by atoms with Gasteiger partial charge in [-0.25, -0.2) is 4.39 Å². The molecule has 2 aromatic carbocycles. The van der Waals surface area contributed by atoms with Gasteiger partial charge >= 0.3 is 0 Å². The number of nitrogens with one attached hydrogen (secondary N) is 1. The highest BCUT2D eigenvalue weighted by Gasteiger charge is 2.58. The van der Waals surface area contributed by atoms with Gasteiger partial charge in [0.25, 0.3) is 0 Å². The van der Waals surface area contributed by atoms with Crippen LogP contribution in [0.3, 0.4) is 0 Å². The van der Waals surface area contributed by atoms with Crippen LogP contribution in [-0.2, 0) is 10.5 Å². The zero-order chi connectivity index (χ0) is 22.2. The van der Waals surface area contributed by atoms with E-state index in [1.165, 1.54) is 12.2 Å². The van der Waals surface area contributed by atoms with Crippen molar-refractivity contribution in [2.45, 2.75) is 19.0 Å². The number of carbonyl (C=O) groups is 2. The van der Waals surface area contributed by atoms with Gasteiger partial charge in [0.2, 0.25) is 5.91 Å². The molecular weight excluding hydrogens is 415 g/mol. The number of hydrogen-bond acceptors (Lipinski definition) is 3. The van der Waals surface area contributed by atoms with Crippen LogP contribution >= 0.6 is 11.6 Å². The molecule has 0 bridgehead atoms. The van der Waals surface area contributed by atoms with Crippen LogP contribution < -0.4 is 11.1 Å². The second kappa shape index (κ2) is 7.82. The number of halogens is 2. The number of ketones is 1. The van der Waals surface area contributed by atoms with Crippen LogP contribution in [-0.4, -0.2) is 11.7 Å². The molecule has 0 saturated heterocycles. The molecule has 1 aliphatic carbocycles. The van der Waals surface area contributed by atoms with Gasteiger partial charge in [-0.1, -0.05) is 61.0 Å². The summed E-state index contributed by atoms with van der Waals surface area (Å²) in [5, 5.41) is 3.36. The van der Waals surface area contributed by atoms with Gasteiger partial charge in [-0.15, -0.1) is 0 Å². The van der Waals surface area contributed by atoms with Crippen molar-refractivity contribution in [2.75, 3.05) is 5.32 Å². The first-order valence-electron chi connectivity index (χ1n) is 10.0. The van der Waals surface area contributed by atoms with Crippen LogP contribution in [0.25, 0.3) is 6.08 Å². The molecule has 0 saturated carbocycles. The number of fused-ring (bicyclic) bond motifs is 1. The van der Waals surface area contributed by atoms with Gasteiger partial charge in [0.1, 0.15) is 11.1 Å². The van der Waals surface area contributed by atoms with Crippen LogP contribution in [0, 0.1) is 11.3 Å². The Morgan fingerprint density at radius 1 is 1.19 bits per heavy atom. The van der Waals surface area contributed by atoms with Crippen LogP contribution in [0.4, 0.5) is 10.1 Å². The molecule has 4 rings (SSSR count). The molecule has 2 aromatic rings. The smallest absolute Gasteiger partial charge is 0.235 e. The van der Waals surface area contributed by atoms with Crippen LogP contribution in [0.2, 0.25) is 5.02 Å². The van der Waals surface area contributed by atoms with Crippen molar-refractivity contribution < 1.29 is 14.0 Å². The summed E-state index contributed by atoms with van der Waals surface area (Å²) in [7, 11) is 0. The lowest BCUT2D eigenvalue weighted by atomic mass is 9.59. The molecule has 1 amide bonds. The van der Waals surface area contributed by atoms with Crippen LogP contribution in [0.5, 0.6) is 0 Å². The van der Waals surface area contributed by atoms with Crippen LogP contribution in [0.1, 0.15) is 34.8 Å². The summed E-state index contributed by atoms with van der Waals surface area (Å²) in [5.74, 6) is -2.49. The van der Waals surface area contributed by atoms with E-state index in [-0.39, 0.29) is 22.6 Å². The minimum atomic E-state index is -2.03. The number of benzene rings is 2. The van der Waals surface area contributed by atoms with E-state index in [9.17, 15) is 9.59 Å². The fourth-order valence-electron chi connectivity index (χ4n) is 4.48. The van der Waals surface area contributed by atoms with Crippen molar-refractivity contribution in [1.82, 2.24) is 0 Å². The van der Waals surface area contributed by atoms with Crippen molar-refractivity contribution in [3.8, 4) is 0 Å². The van der Waals surface area contributed by atoms with E-state index in [0.717, 1.165) is 11.3 Å². The van der Waals surface area contributed by atoms with E-state index in [1.807, 2.05) is 18.2 Å². The first-order valence-corrected chi connectivity index (χ1v) is 10.4. The maximum Gasteiger partial charge on any atom is 0.235 e.